The smallest absolute Gasteiger partial charge is 0.323 e. The van der Waals surface area contributed by atoms with E-state index in [1.165, 1.54) is 25.0 Å². The van der Waals surface area contributed by atoms with Crippen LogP contribution in [0.5, 0.6) is 0 Å². The molecule has 1 unspecified atom stereocenters. The van der Waals surface area contributed by atoms with Gasteiger partial charge in [0, 0.05) is 37.0 Å². The summed E-state index contributed by atoms with van der Waals surface area (Å²) in [6.45, 7) is 13.6. The van der Waals surface area contributed by atoms with E-state index in [1.54, 1.807) is 25.1 Å². The maximum absolute atomic E-state index is 13.0. The first-order valence-electron chi connectivity index (χ1n) is 16.7. The average Bonchev–Trinajstić information content (AvgIpc) is 3.54. The lowest BCUT2D eigenvalue weighted by Crippen LogP contribution is -2.43. The van der Waals surface area contributed by atoms with Crippen molar-refractivity contribution in [3.8, 4) is 0 Å². The second-order valence-electron chi connectivity index (χ2n) is 10.8. The summed E-state index contributed by atoms with van der Waals surface area (Å²) in [4.78, 5) is 73.5. The molecule has 1 aromatic carbocycles. The Hall–Kier alpha value is -5.76. The Morgan fingerprint density at radius 1 is 1.08 bits per heavy atom. The third kappa shape index (κ3) is 10.1. The van der Waals surface area contributed by atoms with Gasteiger partial charge in [0.1, 0.15) is 23.4 Å². The number of fused-ring (bicyclic) bond motifs is 1. The fraction of sp³-hybridized carbons (Fsp3) is 0.351. The fourth-order valence-electron chi connectivity index (χ4n) is 5.86. The highest BCUT2D eigenvalue weighted by atomic mass is 16.7. The molecule has 0 radical (unpaired) electrons. The van der Waals surface area contributed by atoms with E-state index in [2.05, 4.69) is 56.0 Å². The molecule has 1 atom stereocenters. The second kappa shape index (κ2) is 20.7. The van der Waals surface area contributed by atoms with Crippen molar-refractivity contribution in [2.75, 3.05) is 13.6 Å². The predicted octanol–water partition coefficient (Wildman–Crippen LogP) is 3.66. The molecule has 2 aliphatic carbocycles. The molecule has 51 heavy (non-hydrogen) atoms. The lowest BCUT2D eigenvalue weighted by Gasteiger charge is -2.37. The highest BCUT2D eigenvalue weighted by molar-refractivity contribution is 6.19. The molecule has 272 valence electrons. The SMILES string of the molecule is C/C=C1/C(=O)C(N)=C1N1CC(=O)c2ccc(CNC(=O)c3cc(C(=O)NC4CCC(=C/CC)/C4=C\C)ncn3)cc2C1.C=NOC=O.CC.CN. The van der Waals surface area contributed by atoms with Crippen LogP contribution in [0, 0.1) is 0 Å². The number of carbonyl (C=O) groups excluding carboxylic acids is 5. The van der Waals surface area contributed by atoms with E-state index in [0.717, 1.165) is 36.0 Å². The zero-order valence-corrected chi connectivity index (χ0v) is 30.1. The summed E-state index contributed by atoms with van der Waals surface area (Å²) in [5.41, 5.74) is 16.5. The largest absolute Gasteiger partial charge is 0.394 e. The van der Waals surface area contributed by atoms with Crippen molar-refractivity contribution in [2.24, 2.45) is 16.6 Å². The molecule has 2 aromatic rings. The number of nitrogens with two attached hydrogens (primary N) is 2. The van der Waals surface area contributed by atoms with Crippen LogP contribution in [0.25, 0.3) is 0 Å². The van der Waals surface area contributed by atoms with Crippen LogP contribution in [0.4, 0.5) is 0 Å². The van der Waals surface area contributed by atoms with Gasteiger partial charge in [-0.2, -0.15) is 0 Å². The standard InChI is InChI=1S/C32H34N6O4.C2H3NO2.C2H6.CH5N/c1-4-7-19-9-11-24(21(19)5-2)37-32(42)26-13-25(35-17-36-26)31(41)34-14-18-8-10-23-20(12-18)15-38(16-27(23)39)29-22(6-3)30(40)28(29)33;1-3-5-2-4;2*1-2/h5-8,10,12-13,17,24H,4,9,11,14-16,33H2,1-3H3,(H,34,41)(H,37,42);2H,1H2;1-2H3;2H2,1H3/b19-7-,21-5+,22-6+;;;. The van der Waals surface area contributed by atoms with Crippen LogP contribution in [0.1, 0.15) is 96.3 Å². The molecule has 14 heteroatoms. The summed E-state index contributed by atoms with van der Waals surface area (Å²) >= 11 is 0. The zero-order chi connectivity index (χ0) is 38.1. The van der Waals surface area contributed by atoms with E-state index in [0.29, 0.717) is 23.4 Å². The number of rotatable bonds is 9. The van der Waals surface area contributed by atoms with Crippen LogP contribution >= 0.6 is 0 Å². The van der Waals surface area contributed by atoms with Crippen LogP contribution in [0.2, 0.25) is 0 Å². The summed E-state index contributed by atoms with van der Waals surface area (Å²) in [7, 11) is 1.50. The van der Waals surface area contributed by atoms with Crippen LogP contribution < -0.4 is 22.1 Å². The van der Waals surface area contributed by atoms with E-state index in [4.69, 9.17) is 10.5 Å². The quantitative estimate of drug-likeness (QED) is 0.0975. The number of Topliss-reactive ketones (excluding diaryl/α,β-unsaturated/α-hetero) is 2. The van der Waals surface area contributed by atoms with Gasteiger partial charge in [0.05, 0.1) is 18.3 Å². The van der Waals surface area contributed by atoms with E-state index in [9.17, 15) is 19.2 Å². The third-order valence-corrected chi connectivity index (χ3v) is 7.99. The van der Waals surface area contributed by atoms with Crippen molar-refractivity contribution in [3.05, 3.63) is 105 Å². The number of amides is 2. The van der Waals surface area contributed by atoms with Crippen molar-refractivity contribution < 1.29 is 28.8 Å². The normalized spacial score (nSPS) is 18.2. The molecule has 1 saturated carbocycles. The monoisotopic (exact) mass is 700 g/mol. The topological polar surface area (TPSA) is 212 Å². The maximum Gasteiger partial charge on any atom is 0.323 e. The molecule has 1 aliphatic heterocycles. The number of benzene rings is 1. The van der Waals surface area contributed by atoms with Crippen molar-refractivity contribution in [3.63, 3.8) is 0 Å². The van der Waals surface area contributed by atoms with Gasteiger partial charge >= 0.3 is 6.47 Å². The minimum atomic E-state index is -0.450. The molecular weight excluding hydrogens is 652 g/mol. The number of nitrogens with one attached hydrogen (secondary N) is 2. The molecular formula is C37H48N8O6. The van der Waals surface area contributed by atoms with E-state index < -0.39 is 5.91 Å². The number of ketones is 2. The number of hydrogen-bond acceptors (Lipinski definition) is 12. The van der Waals surface area contributed by atoms with Crippen LogP contribution in [0.3, 0.4) is 0 Å². The van der Waals surface area contributed by atoms with Crippen molar-refractivity contribution in [1.82, 2.24) is 25.5 Å². The van der Waals surface area contributed by atoms with Crippen LogP contribution in [0.15, 0.2) is 82.1 Å². The molecule has 6 N–H and O–H groups in total. The predicted molar refractivity (Wildman–Crippen MR) is 195 cm³/mol. The van der Waals surface area contributed by atoms with Gasteiger partial charge in [0.2, 0.25) is 5.78 Å². The van der Waals surface area contributed by atoms with Crippen molar-refractivity contribution >= 4 is 36.6 Å². The molecule has 0 saturated heterocycles. The lowest BCUT2D eigenvalue weighted by molar-refractivity contribution is -0.128. The first-order valence-corrected chi connectivity index (χ1v) is 16.7. The molecule has 2 amide bonds. The van der Waals surface area contributed by atoms with Crippen LogP contribution in [-0.4, -0.2) is 71.1 Å². The molecule has 1 aromatic heterocycles. The highest BCUT2D eigenvalue weighted by Crippen LogP contribution is 2.34. The Morgan fingerprint density at radius 3 is 2.35 bits per heavy atom. The van der Waals surface area contributed by atoms with Gasteiger partial charge in [0.25, 0.3) is 11.8 Å². The maximum atomic E-state index is 13.0. The number of nitrogens with zero attached hydrogens (tertiary/aromatic N) is 4. The summed E-state index contributed by atoms with van der Waals surface area (Å²) < 4.78 is 0. The van der Waals surface area contributed by atoms with Gasteiger partial charge in [-0.05, 0) is 62.4 Å². The Morgan fingerprint density at radius 2 is 1.76 bits per heavy atom. The molecule has 14 nitrogen and oxygen atoms in total. The Balaban J connectivity index is 0.000000908. The Kier molecular flexibility index (Phi) is 16.8. The summed E-state index contributed by atoms with van der Waals surface area (Å²) in [5.74, 6) is -1.08. The zero-order valence-electron chi connectivity index (χ0n) is 30.1. The van der Waals surface area contributed by atoms with Gasteiger partial charge in [-0.25, -0.2) is 9.97 Å². The fourth-order valence-corrected chi connectivity index (χ4v) is 5.86. The van der Waals surface area contributed by atoms with E-state index in [-0.39, 0.29) is 60.2 Å². The lowest BCUT2D eigenvalue weighted by atomic mass is 9.88. The Bertz CT molecular complexity index is 1740. The number of carbonyl (C=O) groups is 5. The van der Waals surface area contributed by atoms with Gasteiger partial charge in [-0.3, -0.25) is 24.0 Å². The van der Waals surface area contributed by atoms with Crippen molar-refractivity contribution in [1.29, 1.82) is 0 Å². The number of oxime groups is 1. The van der Waals surface area contributed by atoms with Crippen molar-refractivity contribution in [2.45, 2.75) is 73.0 Å². The highest BCUT2D eigenvalue weighted by Gasteiger charge is 2.37. The molecule has 3 aliphatic rings. The molecule has 2 heterocycles. The van der Waals surface area contributed by atoms with Crippen LogP contribution in [-0.2, 0) is 27.5 Å². The van der Waals surface area contributed by atoms with E-state index in [1.807, 2.05) is 37.8 Å². The van der Waals surface area contributed by atoms with Gasteiger partial charge < -0.3 is 31.8 Å². The Labute approximate surface area is 298 Å². The molecule has 0 spiro atoms. The minimum Gasteiger partial charge on any atom is -0.394 e. The van der Waals surface area contributed by atoms with E-state index >= 15 is 0 Å². The van der Waals surface area contributed by atoms with Gasteiger partial charge in [-0.15, -0.1) is 0 Å². The average molecular weight is 701 g/mol. The molecule has 5 rings (SSSR count). The first kappa shape index (κ1) is 41.4. The number of allylic oxidation sites excluding steroid dienone is 5. The number of hydrogen-bond donors (Lipinski definition) is 4. The second-order valence-corrected chi connectivity index (χ2v) is 10.8. The molecule has 0 bridgehead atoms. The van der Waals surface area contributed by atoms with Gasteiger partial charge in [-0.1, -0.05) is 62.4 Å². The number of aromatic nitrogens is 2. The minimum absolute atomic E-state index is 0.0644. The summed E-state index contributed by atoms with van der Waals surface area (Å²) in [6.07, 6.45) is 9.80. The summed E-state index contributed by atoms with van der Waals surface area (Å²) in [6, 6.07) is 6.71. The summed E-state index contributed by atoms with van der Waals surface area (Å²) in [5, 5.41) is 8.61. The molecule has 1 fully saturated rings. The third-order valence-electron chi connectivity index (χ3n) is 7.99. The van der Waals surface area contributed by atoms with Gasteiger partial charge in [0.15, 0.2) is 5.78 Å². The first-order chi connectivity index (χ1) is 24.7.